The zero-order chi connectivity index (χ0) is 13.7. The van der Waals surface area contributed by atoms with Gasteiger partial charge in [0.15, 0.2) is 0 Å². The van der Waals surface area contributed by atoms with Crippen molar-refractivity contribution in [2.24, 2.45) is 0 Å². The molecule has 1 amide bonds. The van der Waals surface area contributed by atoms with E-state index in [2.05, 4.69) is 18.5 Å². The van der Waals surface area contributed by atoms with Crippen LogP contribution in [0.15, 0.2) is 67.8 Å². The number of hydrogen-bond acceptors (Lipinski definition) is 1. The maximum atomic E-state index is 12.1. The van der Waals surface area contributed by atoms with Crippen LogP contribution >= 0.6 is 0 Å². The van der Waals surface area contributed by atoms with E-state index in [-0.39, 0.29) is 5.91 Å². The maximum absolute atomic E-state index is 12.1. The third kappa shape index (κ3) is 2.99. The minimum absolute atomic E-state index is 0.208. The van der Waals surface area contributed by atoms with Crippen LogP contribution in [0.2, 0.25) is 0 Å². The highest BCUT2D eigenvalue weighted by Gasteiger charge is 2.10. The lowest BCUT2D eigenvalue weighted by molar-refractivity contribution is -0.111. The minimum Gasteiger partial charge on any atom is -0.321 e. The van der Waals surface area contributed by atoms with Crippen molar-refractivity contribution in [3.63, 3.8) is 0 Å². The lowest BCUT2D eigenvalue weighted by atomic mass is 10.1. The van der Waals surface area contributed by atoms with Crippen LogP contribution in [0.3, 0.4) is 0 Å². The lowest BCUT2D eigenvalue weighted by Crippen LogP contribution is -2.13. The summed E-state index contributed by atoms with van der Waals surface area (Å²) in [6.07, 6.45) is 1.71. The van der Waals surface area contributed by atoms with Crippen LogP contribution in [0, 0.1) is 0 Å². The number of carbonyl (C=O) groups excluding carboxylic acids is 1. The Morgan fingerprint density at radius 2 is 1.63 bits per heavy atom. The van der Waals surface area contributed by atoms with Gasteiger partial charge in [0.2, 0.25) is 0 Å². The van der Waals surface area contributed by atoms with Crippen molar-refractivity contribution in [1.82, 2.24) is 0 Å². The van der Waals surface area contributed by atoms with E-state index in [1.165, 1.54) is 0 Å². The van der Waals surface area contributed by atoms with Gasteiger partial charge >= 0.3 is 0 Å². The van der Waals surface area contributed by atoms with E-state index >= 15 is 0 Å². The predicted octanol–water partition coefficient (Wildman–Crippen LogP) is 3.98. The number of benzene rings is 2. The first-order valence-electron chi connectivity index (χ1n) is 5.99. The molecule has 2 aromatic rings. The van der Waals surface area contributed by atoms with Gasteiger partial charge in [-0.25, -0.2) is 0 Å². The SMILES string of the molecule is C=Cc1ccccc1NC(=O)C(=C)c1ccccc1. The summed E-state index contributed by atoms with van der Waals surface area (Å²) in [4.78, 5) is 12.1. The number of anilines is 1. The Hall–Kier alpha value is -2.61. The first-order valence-corrected chi connectivity index (χ1v) is 5.99. The van der Waals surface area contributed by atoms with Crippen molar-refractivity contribution in [3.05, 3.63) is 78.9 Å². The fraction of sp³-hybridized carbons (Fsp3) is 0. The first-order chi connectivity index (χ1) is 9.22. The Morgan fingerprint density at radius 1 is 1.00 bits per heavy atom. The molecule has 2 rings (SSSR count). The van der Waals surface area contributed by atoms with Crippen LogP contribution in [0.5, 0.6) is 0 Å². The van der Waals surface area contributed by atoms with E-state index < -0.39 is 0 Å². The van der Waals surface area contributed by atoms with Crippen LogP contribution in [-0.2, 0) is 4.79 Å². The van der Waals surface area contributed by atoms with Gasteiger partial charge in [-0.2, -0.15) is 0 Å². The molecule has 0 saturated carbocycles. The summed E-state index contributed by atoms with van der Waals surface area (Å²) in [6, 6.07) is 16.9. The molecule has 0 aromatic heterocycles. The Bertz CT molecular complexity index is 614. The normalized spacial score (nSPS) is 9.68. The summed E-state index contributed by atoms with van der Waals surface area (Å²) >= 11 is 0. The van der Waals surface area contributed by atoms with Crippen molar-refractivity contribution in [3.8, 4) is 0 Å². The number of rotatable bonds is 4. The average Bonchev–Trinajstić information content (AvgIpc) is 2.48. The highest BCUT2D eigenvalue weighted by molar-refractivity contribution is 6.24. The number of amides is 1. The molecule has 94 valence electrons. The van der Waals surface area contributed by atoms with E-state index in [1.807, 2.05) is 54.6 Å². The number of carbonyl (C=O) groups is 1. The number of hydrogen-bond donors (Lipinski definition) is 1. The molecule has 0 radical (unpaired) electrons. The molecule has 1 N–H and O–H groups in total. The van der Waals surface area contributed by atoms with Crippen molar-refractivity contribution in [1.29, 1.82) is 0 Å². The van der Waals surface area contributed by atoms with E-state index in [9.17, 15) is 4.79 Å². The molecule has 0 fully saturated rings. The third-order valence-electron chi connectivity index (χ3n) is 2.83. The van der Waals surface area contributed by atoms with Gasteiger partial charge < -0.3 is 5.32 Å². The zero-order valence-corrected chi connectivity index (χ0v) is 10.6. The predicted molar refractivity (Wildman–Crippen MR) is 80.6 cm³/mol. The van der Waals surface area contributed by atoms with Crippen LogP contribution in [0.4, 0.5) is 5.69 Å². The third-order valence-corrected chi connectivity index (χ3v) is 2.83. The minimum atomic E-state index is -0.208. The van der Waals surface area contributed by atoms with E-state index in [0.29, 0.717) is 5.57 Å². The molecule has 2 nitrogen and oxygen atoms in total. The molecule has 0 atom stereocenters. The lowest BCUT2D eigenvalue weighted by Gasteiger charge is -2.10. The first kappa shape index (κ1) is 12.8. The topological polar surface area (TPSA) is 29.1 Å². The summed E-state index contributed by atoms with van der Waals surface area (Å²) in [5, 5.41) is 2.85. The molecule has 2 aromatic carbocycles. The Morgan fingerprint density at radius 3 is 2.32 bits per heavy atom. The van der Waals surface area contributed by atoms with Crippen LogP contribution < -0.4 is 5.32 Å². The Balaban J connectivity index is 2.18. The molecular weight excluding hydrogens is 234 g/mol. The van der Waals surface area contributed by atoms with Crippen molar-refractivity contribution in [2.45, 2.75) is 0 Å². The molecule has 0 aliphatic heterocycles. The van der Waals surface area contributed by atoms with E-state index in [4.69, 9.17) is 0 Å². The molecular formula is C17H15NO. The van der Waals surface area contributed by atoms with E-state index in [0.717, 1.165) is 16.8 Å². The van der Waals surface area contributed by atoms with Gasteiger partial charge in [0.25, 0.3) is 5.91 Å². The summed E-state index contributed by atoms with van der Waals surface area (Å²) in [5.74, 6) is -0.208. The van der Waals surface area contributed by atoms with Gasteiger partial charge in [-0.1, -0.05) is 67.8 Å². The highest BCUT2D eigenvalue weighted by atomic mass is 16.1. The molecule has 0 spiro atoms. The molecule has 0 aliphatic rings. The molecule has 2 heteroatoms. The maximum Gasteiger partial charge on any atom is 0.255 e. The van der Waals surface area contributed by atoms with Crippen LogP contribution in [-0.4, -0.2) is 5.91 Å². The molecule has 0 aliphatic carbocycles. The van der Waals surface area contributed by atoms with Gasteiger partial charge in [-0.05, 0) is 17.2 Å². The second-order valence-corrected chi connectivity index (χ2v) is 4.09. The van der Waals surface area contributed by atoms with Crippen molar-refractivity contribution < 1.29 is 4.79 Å². The number of nitrogens with one attached hydrogen (secondary N) is 1. The molecule has 0 bridgehead atoms. The van der Waals surface area contributed by atoms with E-state index in [1.54, 1.807) is 6.08 Å². The van der Waals surface area contributed by atoms with Crippen molar-refractivity contribution >= 4 is 23.2 Å². The molecule has 0 unspecified atom stereocenters. The molecule has 0 saturated heterocycles. The van der Waals surface area contributed by atoms with Gasteiger partial charge in [0.05, 0.1) is 0 Å². The number of para-hydroxylation sites is 1. The van der Waals surface area contributed by atoms with Gasteiger partial charge in [-0.15, -0.1) is 0 Å². The summed E-state index contributed by atoms with van der Waals surface area (Å²) in [6.45, 7) is 7.57. The second kappa shape index (κ2) is 5.83. The Labute approximate surface area is 113 Å². The van der Waals surface area contributed by atoms with Gasteiger partial charge in [-0.3, -0.25) is 4.79 Å². The fourth-order valence-electron chi connectivity index (χ4n) is 1.76. The highest BCUT2D eigenvalue weighted by Crippen LogP contribution is 2.19. The zero-order valence-electron chi connectivity index (χ0n) is 10.6. The van der Waals surface area contributed by atoms with Crippen LogP contribution in [0.25, 0.3) is 11.6 Å². The van der Waals surface area contributed by atoms with Crippen molar-refractivity contribution in [2.75, 3.05) is 5.32 Å². The monoisotopic (exact) mass is 249 g/mol. The van der Waals surface area contributed by atoms with Gasteiger partial charge in [0.1, 0.15) is 0 Å². The van der Waals surface area contributed by atoms with Crippen LogP contribution in [0.1, 0.15) is 11.1 Å². The quantitative estimate of drug-likeness (QED) is 0.816. The van der Waals surface area contributed by atoms with Gasteiger partial charge in [0, 0.05) is 11.3 Å². The molecule has 0 heterocycles. The average molecular weight is 249 g/mol. The summed E-state index contributed by atoms with van der Waals surface area (Å²) < 4.78 is 0. The standard InChI is InChI=1S/C17H15NO/c1-3-14-9-7-8-12-16(14)18-17(19)13(2)15-10-5-4-6-11-15/h3-12H,1-2H2,(H,18,19). The Kier molecular flexibility index (Phi) is 3.94. The smallest absolute Gasteiger partial charge is 0.255 e. The largest absolute Gasteiger partial charge is 0.321 e. The fourth-order valence-corrected chi connectivity index (χ4v) is 1.76. The second-order valence-electron chi connectivity index (χ2n) is 4.09. The summed E-state index contributed by atoms with van der Waals surface area (Å²) in [7, 11) is 0. The summed E-state index contributed by atoms with van der Waals surface area (Å²) in [5.41, 5.74) is 2.88. The molecule has 19 heavy (non-hydrogen) atoms.